The van der Waals surface area contributed by atoms with Crippen molar-refractivity contribution in [2.24, 2.45) is 0 Å². The third-order valence-corrected chi connectivity index (χ3v) is 6.42. The lowest BCUT2D eigenvalue weighted by Crippen LogP contribution is -2.42. The molecule has 0 aliphatic carbocycles. The molecule has 0 spiro atoms. The molecular formula is C23H21Cl2FN2O4. The number of benzene rings is 2. The van der Waals surface area contributed by atoms with E-state index in [2.05, 4.69) is 4.90 Å². The van der Waals surface area contributed by atoms with Crippen LogP contribution in [-0.4, -0.2) is 66.0 Å². The second-order valence-corrected chi connectivity index (χ2v) is 8.44. The van der Waals surface area contributed by atoms with Crippen molar-refractivity contribution in [1.29, 1.82) is 0 Å². The SMILES string of the molecule is O=C1C(=O)N(CCN2CCOCC2)C(c2ccc(Cl)c(Cl)c2)C1=C(O)c1ccc(F)cc1. The van der Waals surface area contributed by atoms with E-state index in [1.165, 1.54) is 29.2 Å². The molecule has 4 rings (SSSR count). The van der Waals surface area contributed by atoms with E-state index in [1.54, 1.807) is 18.2 Å². The zero-order valence-corrected chi connectivity index (χ0v) is 18.6. The number of hydrogen-bond donors (Lipinski definition) is 1. The monoisotopic (exact) mass is 478 g/mol. The first-order chi connectivity index (χ1) is 15.4. The maximum absolute atomic E-state index is 13.4. The summed E-state index contributed by atoms with van der Waals surface area (Å²) < 4.78 is 18.7. The van der Waals surface area contributed by atoms with Gasteiger partial charge in [-0.2, -0.15) is 0 Å². The average Bonchev–Trinajstić information content (AvgIpc) is 3.05. The van der Waals surface area contributed by atoms with E-state index >= 15 is 0 Å². The molecule has 2 aromatic rings. The highest BCUT2D eigenvalue weighted by Crippen LogP contribution is 2.40. The highest BCUT2D eigenvalue weighted by molar-refractivity contribution is 6.46. The molecule has 2 saturated heterocycles. The van der Waals surface area contributed by atoms with Crippen LogP contribution in [0.25, 0.3) is 5.76 Å². The number of morpholine rings is 1. The molecule has 1 atom stereocenters. The lowest BCUT2D eigenvalue weighted by atomic mass is 9.95. The third kappa shape index (κ3) is 4.52. The quantitative estimate of drug-likeness (QED) is 0.401. The number of carbonyl (C=O) groups excluding carboxylic acids is 2. The first kappa shape index (κ1) is 22.7. The molecule has 0 radical (unpaired) electrons. The Hall–Kier alpha value is -2.45. The number of nitrogens with zero attached hydrogens (tertiary/aromatic N) is 2. The van der Waals surface area contributed by atoms with Crippen molar-refractivity contribution in [2.45, 2.75) is 6.04 Å². The van der Waals surface area contributed by atoms with Gasteiger partial charge < -0.3 is 14.7 Å². The summed E-state index contributed by atoms with van der Waals surface area (Å²) in [6.45, 7) is 3.51. The topological polar surface area (TPSA) is 70.1 Å². The van der Waals surface area contributed by atoms with Gasteiger partial charge in [0.1, 0.15) is 11.6 Å². The molecule has 1 N–H and O–H groups in total. The molecule has 0 bridgehead atoms. The van der Waals surface area contributed by atoms with Gasteiger partial charge in [0.2, 0.25) is 0 Å². The molecule has 6 nitrogen and oxygen atoms in total. The molecule has 2 fully saturated rings. The van der Waals surface area contributed by atoms with Crippen LogP contribution in [0.3, 0.4) is 0 Å². The smallest absolute Gasteiger partial charge is 0.295 e. The van der Waals surface area contributed by atoms with Gasteiger partial charge in [0.05, 0.1) is 34.9 Å². The van der Waals surface area contributed by atoms with Crippen molar-refractivity contribution in [3.63, 3.8) is 0 Å². The van der Waals surface area contributed by atoms with Gasteiger partial charge in [-0.05, 0) is 42.0 Å². The highest BCUT2D eigenvalue weighted by atomic mass is 35.5. The average molecular weight is 479 g/mol. The number of ketones is 1. The fraction of sp³-hybridized carbons (Fsp3) is 0.304. The van der Waals surface area contributed by atoms with Crippen molar-refractivity contribution >= 4 is 40.7 Å². The number of aliphatic hydroxyl groups excluding tert-OH is 1. The predicted octanol–water partition coefficient (Wildman–Crippen LogP) is 3.89. The molecule has 9 heteroatoms. The molecule has 32 heavy (non-hydrogen) atoms. The Kier molecular flexibility index (Phi) is 6.81. The number of hydrogen-bond acceptors (Lipinski definition) is 5. The van der Waals surface area contributed by atoms with Crippen LogP contribution in [0.5, 0.6) is 0 Å². The van der Waals surface area contributed by atoms with Crippen LogP contribution < -0.4 is 0 Å². The summed E-state index contributed by atoms with van der Waals surface area (Å²) in [5.41, 5.74) is 0.717. The normalized spacial score (nSPS) is 21.3. The largest absolute Gasteiger partial charge is 0.507 e. The Morgan fingerprint density at radius 1 is 1.03 bits per heavy atom. The Morgan fingerprint density at radius 2 is 1.72 bits per heavy atom. The molecule has 2 aliphatic heterocycles. The number of rotatable bonds is 5. The molecule has 2 heterocycles. The van der Waals surface area contributed by atoms with Crippen LogP contribution in [0.2, 0.25) is 10.0 Å². The minimum atomic E-state index is -0.851. The molecular weight excluding hydrogens is 458 g/mol. The number of aliphatic hydroxyl groups is 1. The van der Waals surface area contributed by atoms with Crippen LogP contribution in [0, 0.1) is 5.82 Å². The molecule has 1 unspecified atom stereocenters. The third-order valence-electron chi connectivity index (χ3n) is 5.68. The molecule has 2 aliphatic rings. The lowest BCUT2D eigenvalue weighted by molar-refractivity contribution is -0.140. The summed E-state index contributed by atoms with van der Waals surface area (Å²) in [5, 5.41) is 11.6. The number of likely N-dealkylation sites (tertiary alicyclic amines) is 1. The van der Waals surface area contributed by atoms with Crippen LogP contribution in [0.4, 0.5) is 4.39 Å². The molecule has 2 aromatic carbocycles. The van der Waals surface area contributed by atoms with E-state index in [9.17, 15) is 19.1 Å². The van der Waals surface area contributed by atoms with Gasteiger partial charge in [-0.1, -0.05) is 29.3 Å². The predicted molar refractivity (Wildman–Crippen MR) is 119 cm³/mol. The maximum Gasteiger partial charge on any atom is 0.295 e. The zero-order chi connectivity index (χ0) is 22.8. The van der Waals surface area contributed by atoms with Gasteiger partial charge in [0.25, 0.3) is 11.7 Å². The van der Waals surface area contributed by atoms with Gasteiger partial charge in [0.15, 0.2) is 0 Å². The minimum Gasteiger partial charge on any atom is -0.507 e. The second kappa shape index (κ2) is 9.58. The fourth-order valence-corrected chi connectivity index (χ4v) is 4.28. The van der Waals surface area contributed by atoms with E-state index in [4.69, 9.17) is 27.9 Å². The number of carbonyl (C=O) groups is 2. The molecule has 168 valence electrons. The van der Waals surface area contributed by atoms with Crippen molar-refractivity contribution in [1.82, 2.24) is 9.80 Å². The maximum atomic E-state index is 13.4. The van der Waals surface area contributed by atoms with E-state index in [0.717, 1.165) is 13.1 Å². The Balaban J connectivity index is 1.75. The number of ether oxygens (including phenoxy) is 1. The Labute approximate surface area is 194 Å². The zero-order valence-electron chi connectivity index (χ0n) is 17.1. The minimum absolute atomic E-state index is 0.0676. The van der Waals surface area contributed by atoms with Crippen LogP contribution in [0.1, 0.15) is 17.2 Å². The van der Waals surface area contributed by atoms with Gasteiger partial charge >= 0.3 is 0 Å². The van der Waals surface area contributed by atoms with Crippen LogP contribution in [-0.2, 0) is 14.3 Å². The highest BCUT2D eigenvalue weighted by Gasteiger charge is 2.46. The van der Waals surface area contributed by atoms with Crippen molar-refractivity contribution in [3.8, 4) is 0 Å². The van der Waals surface area contributed by atoms with E-state index in [0.29, 0.717) is 30.3 Å². The summed E-state index contributed by atoms with van der Waals surface area (Å²) in [4.78, 5) is 29.6. The van der Waals surface area contributed by atoms with Gasteiger partial charge in [-0.3, -0.25) is 14.5 Å². The van der Waals surface area contributed by atoms with E-state index < -0.39 is 23.5 Å². The van der Waals surface area contributed by atoms with Crippen LogP contribution >= 0.6 is 23.2 Å². The molecule has 0 aromatic heterocycles. The number of halogens is 3. The standard InChI is InChI=1S/C23H21Cl2FN2O4/c24-17-6-3-15(13-18(17)25)20-19(21(29)14-1-4-16(26)5-2-14)22(30)23(31)28(20)8-7-27-9-11-32-12-10-27/h1-6,13,20,29H,7-12H2. The van der Waals surface area contributed by atoms with Gasteiger partial charge in [-0.15, -0.1) is 0 Å². The summed E-state index contributed by atoms with van der Waals surface area (Å²) in [6.07, 6.45) is 0. The summed E-state index contributed by atoms with van der Waals surface area (Å²) in [7, 11) is 0. The lowest BCUT2D eigenvalue weighted by Gasteiger charge is -2.31. The van der Waals surface area contributed by atoms with Crippen molar-refractivity contribution in [2.75, 3.05) is 39.4 Å². The second-order valence-electron chi connectivity index (χ2n) is 7.63. The summed E-state index contributed by atoms with van der Waals surface area (Å²) in [6, 6.07) is 9.06. The Bertz CT molecular complexity index is 1070. The molecule has 0 saturated carbocycles. The number of Topliss-reactive ketones (excluding diaryl/α,β-unsaturated/α-hetero) is 1. The Morgan fingerprint density at radius 3 is 2.38 bits per heavy atom. The molecule has 1 amide bonds. The van der Waals surface area contributed by atoms with Crippen LogP contribution in [0.15, 0.2) is 48.0 Å². The van der Waals surface area contributed by atoms with Gasteiger partial charge in [-0.25, -0.2) is 4.39 Å². The van der Waals surface area contributed by atoms with Crippen molar-refractivity contribution in [3.05, 3.63) is 75.0 Å². The van der Waals surface area contributed by atoms with E-state index in [-0.39, 0.29) is 28.5 Å². The summed E-state index contributed by atoms with van der Waals surface area (Å²) in [5.74, 6) is -2.36. The number of amides is 1. The fourth-order valence-electron chi connectivity index (χ4n) is 3.98. The first-order valence-corrected chi connectivity index (χ1v) is 10.9. The van der Waals surface area contributed by atoms with Gasteiger partial charge in [0, 0.05) is 31.7 Å². The van der Waals surface area contributed by atoms with E-state index in [1.807, 2.05) is 0 Å². The first-order valence-electron chi connectivity index (χ1n) is 10.2. The van der Waals surface area contributed by atoms with Crippen molar-refractivity contribution < 1.29 is 23.8 Å². The summed E-state index contributed by atoms with van der Waals surface area (Å²) >= 11 is 12.3.